The van der Waals surface area contributed by atoms with Gasteiger partial charge in [-0.3, -0.25) is 9.59 Å². The van der Waals surface area contributed by atoms with Gasteiger partial charge in [-0.05, 0) is 30.5 Å². The number of likely N-dealkylation sites (tertiary alicyclic amines) is 1. The maximum atomic E-state index is 13.4. The van der Waals surface area contributed by atoms with Crippen molar-refractivity contribution in [3.8, 4) is 11.1 Å². The highest BCUT2D eigenvalue weighted by Crippen LogP contribution is 2.34. The predicted molar refractivity (Wildman–Crippen MR) is 109 cm³/mol. The summed E-state index contributed by atoms with van der Waals surface area (Å²) in [5.41, 5.74) is 2.47. The third-order valence-electron chi connectivity index (χ3n) is 4.96. The number of hydrogen-bond donors (Lipinski definition) is 0. The van der Waals surface area contributed by atoms with Gasteiger partial charge in [0.05, 0.1) is 18.6 Å². The predicted octanol–water partition coefficient (Wildman–Crippen LogP) is 3.66. The molecule has 1 aromatic carbocycles. The first-order valence-corrected chi connectivity index (χ1v) is 10.6. The van der Waals surface area contributed by atoms with E-state index in [1.807, 2.05) is 11.8 Å². The van der Waals surface area contributed by atoms with Gasteiger partial charge in [0.15, 0.2) is 5.16 Å². The number of esters is 1. The Hall–Kier alpha value is -2.48. The average molecular weight is 418 g/mol. The molecule has 2 heterocycles. The van der Waals surface area contributed by atoms with Crippen molar-refractivity contribution in [3.05, 3.63) is 42.0 Å². The third-order valence-corrected chi connectivity index (χ3v) is 5.80. The minimum Gasteiger partial charge on any atom is -0.468 e. The van der Waals surface area contributed by atoms with Gasteiger partial charge in [-0.25, -0.2) is 14.4 Å². The van der Waals surface area contributed by atoms with Crippen molar-refractivity contribution in [2.24, 2.45) is 0 Å². The summed E-state index contributed by atoms with van der Waals surface area (Å²) >= 11 is 1.21. The third kappa shape index (κ3) is 5.32. The van der Waals surface area contributed by atoms with E-state index in [-0.39, 0.29) is 29.4 Å². The van der Waals surface area contributed by atoms with Gasteiger partial charge in [0, 0.05) is 37.2 Å². The van der Waals surface area contributed by atoms with E-state index in [4.69, 9.17) is 4.98 Å². The van der Waals surface area contributed by atoms with Crippen molar-refractivity contribution in [1.29, 1.82) is 0 Å². The number of piperidine rings is 1. The highest BCUT2D eigenvalue weighted by atomic mass is 32.2. The summed E-state index contributed by atoms with van der Waals surface area (Å²) in [5.74, 6) is -0.345. The summed E-state index contributed by atoms with van der Waals surface area (Å²) in [6.45, 7) is 3.21. The molecule has 1 fully saturated rings. The average Bonchev–Trinajstić information content (AvgIpc) is 2.77. The number of halogens is 1. The van der Waals surface area contributed by atoms with Gasteiger partial charge in [-0.2, -0.15) is 0 Å². The van der Waals surface area contributed by atoms with Crippen LogP contribution < -0.4 is 0 Å². The number of nitrogens with zero attached hydrogens (tertiary/aromatic N) is 3. The van der Waals surface area contributed by atoms with E-state index >= 15 is 0 Å². The molecule has 1 unspecified atom stereocenters. The van der Waals surface area contributed by atoms with Crippen LogP contribution in [0, 0.1) is 5.82 Å². The Morgan fingerprint density at radius 3 is 2.76 bits per heavy atom. The van der Waals surface area contributed by atoms with Gasteiger partial charge < -0.3 is 9.64 Å². The van der Waals surface area contributed by atoms with Crippen molar-refractivity contribution < 1.29 is 18.7 Å². The van der Waals surface area contributed by atoms with E-state index in [9.17, 15) is 14.0 Å². The fourth-order valence-electron chi connectivity index (χ4n) is 3.44. The lowest BCUT2D eigenvalue weighted by Crippen LogP contribution is -2.39. The number of ether oxygens (including phenoxy) is 1. The molecule has 2 aromatic rings. The van der Waals surface area contributed by atoms with Crippen LogP contribution in [0.4, 0.5) is 4.39 Å². The first kappa shape index (κ1) is 21.2. The van der Waals surface area contributed by atoms with Crippen molar-refractivity contribution in [3.63, 3.8) is 0 Å². The second kappa shape index (κ2) is 9.82. The quantitative estimate of drug-likeness (QED) is 0.406. The number of carbonyl (C=O) groups excluding carboxylic acids is 2. The van der Waals surface area contributed by atoms with Gasteiger partial charge in [0.1, 0.15) is 5.82 Å². The Morgan fingerprint density at radius 2 is 2.07 bits per heavy atom. The van der Waals surface area contributed by atoms with Gasteiger partial charge in [-0.1, -0.05) is 30.8 Å². The van der Waals surface area contributed by atoms with Crippen LogP contribution in [-0.4, -0.2) is 52.7 Å². The van der Waals surface area contributed by atoms with Crippen LogP contribution in [0.2, 0.25) is 0 Å². The number of methoxy groups -OCH3 is 1. The van der Waals surface area contributed by atoms with Crippen LogP contribution in [-0.2, 0) is 14.3 Å². The Kier molecular flexibility index (Phi) is 7.19. The van der Waals surface area contributed by atoms with Gasteiger partial charge in [0.2, 0.25) is 5.91 Å². The summed E-state index contributed by atoms with van der Waals surface area (Å²) in [4.78, 5) is 34.7. The molecular weight excluding hydrogens is 393 g/mol. The topological polar surface area (TPSA) is 72.4 Å². The molecule has 29 heavy (non-hydrogen) atoms. The minimum absolute atomic E-state index is 0.0554. The van der Waals surface area contributed by atoms with E-state index in [1.54, 1.807) is 18.3 Å². The van der Waals surface area contributed by atoms with E-state index in [2.05, 4.69) is 9.72 Å². The van der Waals surface area contributed by atoms with E-state index < -0.39 is 0 Å². The molecule has 3 rings (SSSR count). The number of thioether (sulfide) groups is 1. The molecule has 0 bridgehead atoms. The largest absolute Gasteiger partial charge is 0.468 e. The zero-order valence-electron chi connectivity index (χ0n) is 16.6. The van der Waals surface area contributed by atoms with Crippen molar-refractivity contribution in [2.75, 3.05) is 26.0 Å². The van der Waals surface area contributed by atoms with Gasteiger partial charge in [-0.15, -0.1) is 0 Å². The standard InChI is InChI=1S/C21H24FN3O3S/c1-3-18(26)25-10-4-5-15(12-25)20-17(14-6-8-16(22)9-7-14)11-23-21(24-20)29-13-19(27)28-2/h6-9,11,15H,3-5,10,12-13H2,1-2H3. The Balaban J connectivity index is 1.94. The lowest BCUT2D eigenvalue weighted by atomic mass is 9.90. The maximum absolute atomic E-state index is 13.4. The molecule has 0 radical (unpaired) electrons. The zero-order chi connectivity index (χ0) is 20.8. The number of benzene rings is 1. The zero-order valence-corrected chi connectivity index (χ0v) is 17.4. The highest BCUT2D eigenvalue weighted by Gasteiger charge is 2.27. The smallest absolute Gasteiger partial charge is 0.316 e. The number of carbonyl (C=O) groups is 2. The summed E-state index contributed by atoms with van der Waals surface area (Å²) in [6.07, 6.45) is 3.99. The fraction of sp³-hybridized carbons (Fsp3) is 0.429. The molecular formula is C21H24FN3O3S. The van der Waals surface area contributed by atoms with Crippen LogP contribution in [0.15, 0.2) is 35.6 Å². The summed E-state index contributed by atoms with van der Waals surface area (Å²) in [5, 5.41) is 0.482. The van der Waals surface area contributed by atoms with Crippen molar-refractivity contribution >= 4 is 23.6 Å². The van der Waals surface area contributed by atoms with Crippen LogP contribution >= 0.6 is 11.8 Å². The molecule has 6 nitrogen and oxygen atoms in total. The molecule has 0 N–H and O–H groups in total. The van der Waals surface area contributed by atoms with Crippen molar-refractivity contribution in [1.82, 2.24) is 14.9 Å². The maximum Gasteiger partial charge on any atom is 0.316 e. The summed E-state index contributed by atoms with van der Waals surface area (Å²) < 4.78 is 18.1. The van der Waals surface area contributed by atoms with Gasteiger partial charge in [0.25, 0.3) is 0 Å². The molecule has 1 aromatic heterocycles. The molecule has 1 saturated heterocycles. The molecule has 0 aliphatic carbocycles. The Bertz CT molecular complexity index is 876. The molecule has 1 aliphatic rings. The van der Waals surface area contributed by atoms with Crippen LogP contribution in [0.25, 0.3) is 11.1 Å². The van der Waals surface area contributed by atoms with Crippen LogP contribution in [0.5, 0.6) is 0 Å². The molecule has 8 heteroatoms. The first-order chi connectivity index (χ1) is 14.0. The van der Waals surface area contributed by atoms with Gasteiger partial charge >= 0.3 is 5.97 Å². The SMILES string of the molecule is CCC(=O)N1CCCC(c2nc(SCC(=O)OC)ncc2-c2ccc(F)cc2)C1. The Labute approximate surface area is 173 Å². The summed E-state index contributed by atoms with van der Waals surface area (Å²) in [7, 11) is 1.34. The number of amides is 1. The first-order valence-electron chi connectivity index (χ1n) is 9.62. The van der Waals surface area contributed by atoms with Crippen LogP contribution in [0.3, 0.4) is 0 Å². The van der Waals surface area contributed by atoms with E-state index in [0.29, 0.717) is 18.1 Å². The molecule has 154 valence electrons. The number of rotatable bonds is 6. The molecule has 0 spiro atoms. The second-order valence-corrected chi connectivity index (χ2v) is 7.80. The summed E-state index contributed by atoms with van der Waals surface area (Å²) in [6, 6.07) is 6.23. The lowest BCUT2D eigenvalue weighted by molar-refractivity contribution is -0.137. The molecule has 0 saturated carbocycles. The minimum atomic E-state index is -0.347. The number of aromatic nitrogens is 2. The Morgan fingerprint density at radius 1 is 1.31 bits per heavy atom. The normalized spacial score (nSPS) is 16.5. The lowest BCUT2D eigenvalue weighted by Gasteiger charge is -2.33. The molecule has 1 atom stereocenters. The monoisotopic (exact) mass is 417 g/mol. The number of hydrogen-bond acceptors (Lipinski definition) is 6. The molecule has 1 aliphatic heterocycles. The highest BCUT2D eigenvalue weighted by molar-refractivity contribution is 7.99. The molecule has 1 amide bonds. The second-order valence-electron chi connectivity index (χ2n) is 6.86. The fourth-order valence-corrected chi connectivity index (χ4v) is 4.10. The van der Waals surface area contributed by atoms with E-state index in [0.717, 1.165) is 36.2 Å². The van der Waals surface area contributed by atoms with Crippen molar-refractivity contribution in [2.45, 2.75) is 37.3 Å². The van der Waals surface area contributed by atoms with Crippen LogP contribution in [0.1, 0.15) is 37.8 Å². The van der Waals surface area contributed by atoms with E-state index in [1.165, 1.54) is 31.0 Å².